The fraction of sp³-hybridized carbons (Fsp3) is 0.143. The molecule has 2 aromatic rings. The van der Waals surface area contributed by atoms with Gasteiger partial charge in [0.2, 0.25) is 10.0 Å². The van der Waals surface area contributed by atoms with Crippen molar-refractivity contribution >= 4 is 32.6 Å². The Labute approximate surface area is 121 Å². The Balaban J connectivity index is 2.46. The van der Waals surface area contributed by atoms with Gasteiger partial charge in [0, 0.05) is 23.6 Å². The third-order valence-corrected chi connectivity index (χ3v) is 4.99. The highest BCUT2D eigenvalue weighted by Crippen LogP contribution is 2.31. The number of nitrogens with zero attached hydrogens (tertiary/aromatic N) is 1. The van der Waals surface area contributed by atoms with E-state index in [2.05, 4.69) is 4.72 Å². The average molecular weight is 304 g/mol. The Bertz CT molecular complexity index is 903. The van der Waals surface area contributed by atoms with Gasteiger partial charge in [0.25, 0.3) is 11.8 Å². The molecule has 0 spiro atoms. The molecule has 1 heterocycles. The molecule has 21 heavy (non-hydrogen) atoms. The van der Waals surface area contributed by atoms with Gasteiger partial charge in [0.15, 0.2) is 0 Å². The Kier molecular flexibility index (Phi) is 2.86. The fourth-order valence-electron chi connectivity index (χ4n) is 2.47. The molecule has 3 rings (SSSR count). The quantitative estimate of drug-likeness (QED) is 0.838. The van der Waals surface area contributed by atoms with Crippen molar-refractivity contribution in [2.75, 3.05) is 14.1 Å². The van der Waals surface area contributed by atoms with Crippen molar-refractivity contribution in [3.8, 4) is 0 Å². The zero-order chi connectivity index (χ0) is 15.4. The summed E-state index contributed by atoms with van der Waals surface area (Å²) in [5.41, 5.74) is 0.622. The van der Waals surface area contributed by atoms with E-state index in [0.717, 1.165) is 4.90 Å². The van der Waals surface area contributed by atoms with Crippen LogP contribution in [0.3, 0.4) is 0 Å². The first-order valence-corrected chi connectivity index (χ1v) is 7.68. The van der Waals surface area contributed by atoms with Crippen LogP contribution in [0.2, 0.25) is 0 Å². The zero-order valence-corrected chi connectivity index (χ0v) is 12.2. The lowest BCUT2D eigenvalue weighted by atomic mass is 9.94. The average Bonchev–Trinajstić information content (AvgIpc) is 2.49. The largest absolute Gasteiger partial charge is 0.277 e. The summed E-state index contributed by atoms with van der Waals surface area (Å²) >= 11 is 0. The molecule has 108 valence electrons. The van der Waals surface area contributed by atoms with Gasteiger partial charge in [-0.3, -0.25) is 14.5 Å². The van der Waals surface area contributed by atoms with Crippen LogP contribution in [0, 0.1) is 0 Å². The SMILES string of the molecule is CNS(=O)(=O)c1cc2c3c(cccc3c1)C(=O)N(C)C2=O. The molecule has 0 atom stereocenters. The molecule has 7 heteroatoms. The minimum atomic E-state index is -3.67. The molecule has 0 unspecified atom stereocenters. The summed E-state index contributed by atoms with van der Waals surface area (Å²) in [5.74, 6) is -0.890. The van der Waals surface area contributed by atoms with E-state index in [9.17, 15) is 18.0 Å². The lowest BCUT2D eigenvalue weighted by Crippen LogP contribution is -2.37. The number of rotatable bonds is 2. The van der Waals surface area contributed by atoms with Crippen LogP contribution >= 0.6 is 0 Å². The molecule has 2 amide bonds. The van der Waals surface area contributed by atoms with Gasteiger partial charge < -0.3 is 0 Å². The Morgan fingerprint density at radius 3 is 2.38 bits per heavy atom. The van der Waals surface area contributed by atoms with Crippen LogP contribution in [0.25, 0.3) is 10.8 Å². The predicted molar refractivity (Wildman–Crippen MR) is 76.6 cm³/mol. The van der Waals surface area contributed by atoms with E-state index in [1.54, 1.807) is 18.2 Å². The van der Waals surface area contributed by atoms with Crippen LogP contribution < -0.4 is 4.72 Å². The number of carbonyl (C=O) groups is 2. The van der Waals surface area contributed by atoms with Crippen molar-refractivity contribution in [3.05, 3.63) is 41.5 Å². The van der Waals surface area contributed by atoms with Gasteiger partial charge in [-0.15, -0.1) is 0 Å². The van der Waals surface area contributed by atoms with Crippen LogP contribution in [0.5, 0.6) is 0 Å². The van der Waals surface area contributed by atoms with Crippen LogP contribution in [-0.2, 0) is 10.0 Å². The van der Waals surface area contributed by atoms with Crippen molar-refractivity contribution in [1.82, 2.24) is 9.62 Å². The maximum Gasteiger partial charge on any atom is 0.261 e. The van der Waals surface area contributed by atoms with Crippen molar-refractivity contribution in [1.29, 1.82) is 0 Å². The molecule has 1 aliphatic rings. The number of sulfonamides is 1. The first kappa shape index (κ1) is 13.7. The summed E-state index contributed by atoms with van der Waals surface area (Å²) in [7, 11) is -0.986. The van der Waals surface area contributed by atoms with Gasteiger partial charge >= 0.3 is 0 Å². The first-order valence-electron chi connectivity index (χ1n) is 6.19. The number of imide groups is 1. The van der Waals surface area contributed by atoms with Crippen molar-refractivity contribution < 1.29 is 18.0 Å². The van der Waals surface area contributed by atoms with E-state index in [1.807, 2.05) is 0 Å². The minimum Gasteiger partial charge on any atom is -0.277 e. The lowest BCUT2D eigenvalue weighted by Gasteiger charge is -2.24. The summed E-state index contributed by atoms with van der Waals surface area (Å²) in [6.07, 6.45) is 0. The molecule has 0 aliphatic carbocycles. The minimum absolute atomic E-state index is 0.000693. The van der Waals surface area contributed by atoms with Gasteiger partial charge in [0.05, 0.1) is 4.90 Å². The molecule has 6 nitrogen and oxygen atoms in total. The van der Waals surface area contributed by atoms with Gasteiger partial charge in [0.1, 0.15) is 0 Å². The number of carbonyl (C=O) groups excluding carboxylic acids is 2. The molecule has 0 radical (unpaired) electrons. The van der Waals surface area contributed by atoms with Gasteiger partial charge in [-0.05, 0) is 30.6 Å². The fourth-order valence-corrected chi connectivity index (χ4v) is 3.26. The van der Waals surface area contributed by atoms with Gasteiger partial charge in [-0.2, -0.15) is 0 Å². The molecule has 0 fully saturated rings. The van der Waals surface area contributed by atoms with Crippen molar-refractivity contribution in [3.63, 3.8) is 0 Å². The molecular weight excluding hydrogens is 292 g/mol. The second-order valence-electron chi connectivity index (χ2n) is 4.75. The zero-order valence-electron chi connectivity index (χ0n) is 11.4. The van der Waals surface area contributed by atoms with Crippen molar-refractivity contribution in [2.45, 2.75) is 4.90 Å². The van der Waals surface area contributed by atoms with E-state index in [1.165, 1.54) is 26.2 Å². The van der Waals surface area contributed by atoms with Crippen LogP contribution in [0.4, 0.5) is 0 Å². The third kappa shape index (κ3) is 1.85. The first-order chi connectivity index (χ1) is 9.86. The maximum absolute atomic E-state index is 12.3. The third-order valence-electron chi connectivity index (χ3n) is 3.60. The number of amides is 2. The Morgan fingerprint density at radius 1 is 1.05 bits per heavy atom. The Hall–Kier alpha value is -2.25. The highest BCUT2D eigenvalue weighted by Gasteiger charge is 2.31. The topological polar surface area (TPSA) is 83.6 Å². The van der Waals surface area contributed by atoms with Crippen LogP contribution in [0.15, 0.2) is 35.2 Å². The van der Waals surface area contributed by atoms with Gasteiger partial charge in [-0.25, -0.2) is 13.1 Å². The molecule has 1 aliphatic heterocycles. The smallest absolute Gasteiger partial charge is 0.261 e. The molecule has 2 aromatic carbocycles. The van der Waals surface area contributed by atoms with E-state index >= 15 is 0 Å². The highest BCUT2D eigenvalue weighted by molar-refractivity contribution is 7.89. The van der Waals surface area contributed by atoms with E-state index in [-0.39, 0.29) is 16.4 Å². The van der Waals surface area contributed by atoms with E-state index in [4.69, 9.17) is 0 Å². The summed E-state index contributed by atoms with van der Waals surface area (Å²) < 4.78 is 26.2. The second kappa shape index (κ2) is 4.37. The second-order valence-corrected chi connectivity index (χ2v) is 6.64. The Morgan fingerprint density at radius 2 is 1.71 bits per heavy atom. The monoisotopic (exact) mass is 304 g/mol. The molecule has 0 aromatic heterocycles. The van der Waals surface area contributed by atoms with Gasteiger partial charge in [-0.1, -0.05) is 12.1 Å². The highest BCUT2D eigenvalue weighted by atomic mass is 32.2. The summed E-state index contributed by atoms with van der Waals surface area (Å²) in [5, 5.41) is 1.05. The van der Waals surface area contributed by atoms with E-state index in [0.29, 0.717) is 16.3 Å². The lowest BCUT2D eigenvalue weighted by molar-refractivity contribution is 0.0650. The van der Waals surface area contributed by atoms with Crippen LogP contribution in [-0.4, -0.2) is 39.2 Å². The number of nitrogens with one attached hydrogen (secondary N) is 1. The molecular formula is C14H12N2O4S. The number of benzene rings is 2. The molecule has 0 bridgehead atoms. The van der Waals surface area contributed by atoms with Crippen molar-refractivity contribution in [2.24, 2.45) is 0 Å². The van der Waals surface area contributed by atoms with Crippen LogP contribution in [0.1, 0.15) is 20.7 Å². The molecule has 0 saturated carbocycles. The predicted octanol–water partition coefficient (Wildman–Crippen LogP) is 0.974. The number of hydrogen-bond donors (Lipinski definition) is 1. The standard InChI is InChI=1S/C14H12N2O4S/c1-15-21(19,20)9-6-8-4-3-5-10-12(8)11(7-9)14(18)16(2)13(10)17/h3-7,15H,1-2H3. The summed E-state index contributed by atoms with van der Waals surface area (Å²) in [6, 6.07) is 7.74. The number of hydrogen-bond acceptors (Lipinski definition) is 4. The maximum atomic E-state index is 12.3. The molecule has 1 N–H and O–H groups in total. The van der Waals surface area contributed by atoms with E-state index < -0.39 is 15.9 Å². The normalized spacial score (nSPS) is 14.9. The molecule has 0 saturated heterocycles. The summed E-state index contributed by atoms with van der Waals surface area (Å²) in [4.78, 5) is 25.4. The summed E-state index contributed by atoms with van der Waals surface area (Å²) in [6.45, 7) is 0.